The summed E-state index contributed by atoms with van der Waals surface area (Å²) in [5.41, 5.74) is 7.40. The molecule has 8 heteroatoms. The van der Waals surface area contributed by atoms with E-state index in [1.807, 2.05) is 6.92 Å². The van der Waals surface area contributed by atoms with Gasteiger partial charge in [-0.3, -0.25) is 10.2 Å². The maximum absolute atomic E-state index is 12.4. The van der Waals surface area contributed by atoms with Gasteiger partial charge in [-0.25, -0.2) is 8.42 Å². The lowest BCUT2D eigenvalue weighted by Gasteiger charge is -2.15. The first-order valence-corrected chi connectivity index (χ1v) is 8.92. The van der Waals surface area contributed by atoms with Crippen LogP contribution in [0.2, 0.25) is 0 Å². The summed E-state index contributed by atoms with van der Waals surface area (Å²) in [6.45, 7) is 1.83. The first kappa shape index (κ1) is 18.6. The molecule has 0 saturated heterocycles. The Morgan fingerprint density at radius 3 is 2.20 bits per heavy atom. The number of nitrogen functional groups attached to an aromatic ring is 1. The molecule has 2 aromatic carbocycles. The van der Waals surface area contributed by atoms with Gasteiger partial charge in [0.15, 0.2) is 0 Å². The fourth-order valence-corrected chi connectivity index (χ4v) is 3.40. The van der Waals surface area contributed by atoms with E-state index in [1.54, 1.807) is 36.4 Å². The largest absolute Gasteiger partial charge is 0.480 e. The van der Waals surface area contributed by atoms with Gasteiger partial charge in [0.25, 0.3) is 0 Å². The van der Waals surface area contributed by atoms with Gasteiger partial charge >= 0.3 is 5.97 Å². The molecule has 0 amide bonds. The first-order valence-electron chi connectivity index (χ1n) is 7.44. The molecule has 2 aromatic rings. The minimum atomic E-state index is -3.95. The van der Waals surface area contributed by atoms with Gasteiger partial charge in [-0.15, -0.1) is 0 Å². The number of sulfonamides is 1. The molecule has 132 valence electrons. The first-order chi connectivity index (χ1) is 11.7. The Balaban J connectivity index is 2.19. The van der Waals surface area contributed by atoms with Gasteiger partial charge in [0.2, 0.25) is 10.0 Å². The number of hydrogen-bond donors (Lipinski definition) is 4. The predicted octanol–water partition coefficient (Wildman–Crippen LogP) is 1.25. The molecule has 0 radical (unpaired) electrons. The Labute approximate surface area is 146 Å². The minimum absolute atomic E-state index is 0.0104. The summed E-state index contributed by atoms with van der Waals surface area (Å²) in [6, 6.07) is 11.2. The standard InChI is InChI=1S/C17H19N3O4S/c1-11-2-8-14(9-3-11)25(23,24)20-15(17(21)22)10-12-4-6-13(7-5-12)16(18)19/h2-9,15,20H,10H2,1H3,(H3,18,19)(H,21,22). The lowest BCUT2D eigenvalue weighted by Crippen LogP contribution is -2.42. The van der Waals surface area contributed by atoms with E-state index in [4.69, 9.17) is 11.1 Å². The summed E-state index contributed by atoms with van der Waals surface area (Å²) in [7, 11) is -3.95. The van der Waals surface area contributed by atoms with Crippen molar-refractivity contribution >= 4 is 21.8 Å². The summed E-state index contributed by atoms with van der Waals surface area (Å²) >= 11 is 0. The van der Waals surface area contributed by atoms with Crippen molar-refractivity contribution < 1.29 is 18.3 Å². The highest BCUT2D eigenvalue weighted by Crippen LogP contribution is 2.13. The number of aliphatic carboxylic acids is 1. The Kier molecular flexibility index (Phi) is 5.55. The molecule has 0 aromatic heterocycles. The Morgan fingerprint density at radius 2 is 1.72 bits per heavy atom. The molecule has 0 aliphatic rings. The lowest BCUT2D eigenvalue weighted by molar-refractivity contribution is -0.138. The maximum atomic E-state index is 12.4. The van der Waals surface area contributed by atoms with Crippen LogP contribution in [-0.2, 0) is 21.2 Å². The summed E-state index contributed by atoms with van der Waals surface area (Å²) in [5.74, 6) is -1.37. The fraction of sp³-hybridized carbons (Fsp3) is 0.176. The van der Waals surface area contributed by atoms with Crippen molar-refractivity contribution in [3.05, 3.63) is 65.2 Å². The summed E-state index contributed by atoms with van der Waals surface area (Å²) < 4.78 is 27.0. The summed E-state index contributed by atoms with van der Waals surface area (Å²) in [6.07, 6.45) is -0.0292. The van der Waals surface area contributed by atoms with Crippen molar-refractivity contribution in [1.82, 2.24) is 4.72 Å². The zero-order valence-corrected chi connectivity index (χ0v) is 14.4. The highest BCUT2D eigenvalue weighted by Gasteiger charge is 2.25. The molecule has 2 rings (SSSR count). The van der Waals surface area contributed by atoms with Gasteiger partial charge in [-0.05, 0) is 31.0 Å². The quantitative estimate of drug-likeness (QED) is 0.435. The highest BCUT2D eigenvalue weighted by atomic mass is 32.2. The Hall–Kier alpha value is -2.71. The fourth-order valence-electron chi connectivity index (χ4n) is 2.21. The predicted molar refractivity (Wildman–Crippen MR) is 94.1 cm³/mol. The molecule has 0 aliphatic heterocycles. The number of benzene rings is 2. The number of nitrogens with one attached hydrogen (secondary N) is 2. The van der Waals surface area contributed by atoms with Gasteiger partial charge in [-0.2, -0.15) is 4.72 Å². The summed E-state index contributed by atoms with van der Waals surface area (Å²) in [4.78, 5) is 11.5. The lowest BCUT2D eigenvalue weighted by atomic mass is 10.0. The second-order valence-electron chi connectivity index (χ2n) is 5.64. The molecule has 7 nitrogen and oxygen atoms in total. The van der Waals surface area contributed by atoms with E-state index < -0.39 is 22.0 Å². The smallest absolute Gasteiger partial charge is 0.322 e. The van der Waals surface area contributed by atoms with Crippen LogP contribution >= 0.6 is 0 Å². The molecule has 0 heterocycles. The van der Waals surface area contributed by atoms with Gasteiger partial charge in [0, 0.05) is 5.56 Å². The number of aryl methyl sites for hydroxylation is 1. The molecule has 1 unspecified atom stereocenters. The van der Waals surface area contributed by atoms with Gasteiger partial charge in [-0.1, -0.05) is 42.0 Å². The number of rotatable bonds is 7. The third-order valence-electron chi connectivity index (χ3n) is 3.63. The van der Waals surface area contributed by atoms with Crippen LogP contribution in [0.1, 0.15) is 16.7 Å². The zero-order chi connectivity index (χ0) is 18.6. The molecule has 0 bridgehead atoms. The van der Waals surface area contributed by atoms with Gasteiger partial charge in [0.1, 0.15) is 11.9 Å². The van der Waals surface area contributed by atoms with Crippen molar-refractivity contribution in [3.63, 3.8) is 0 Å². The Morgan fingerprint density at radius 1 is 1.16 bits per heavy atom. The third kappa shape index (κ3) is 4.88. The van der Waals surface area contributed by atoms with E-state index in [-0.39, 0.29) is 17.2 Å². The Bertz CT molecular complexity index is 875. The maximum Gasteiger partial charge on any atom is 0.322 e. The number of carbonyl (C=O) groups is 1. The molecule has 0 aliphatic carbocycles. The molecule has 5 N–H and O–H groups in total. The molecular weight excluding hydrogens is 342 g/mol. The average molecular weight is 361 g/mol. The van der Waals surface area contributed by atoms with E-state index in [2.05, 4.69) is 4.72 Å². The number of nitrogens with two attached hydrogens (primary N) is 1. The molecule has 25 heavy (non-hydrogen) atoms. The topological polar surface area (TPSA) is 133 Å². The number of hydrogen-bond acceptors (Lipinski definition) is 4. The molecule has 0 spiro atoms. The number of amidine groups is 1. The molecule has 0 fully saturated rings. The average Bonchev–Trinajstić information content (AvgIpc) is 2.55. The van der Waals surface area contributed by atoms with Crippen LogP contribution in [0.25, 0.3) is 0 Å². The van der Waals surface area contributed by atoms with Gasteiger partial charge < -0.3 is 10.8 Å². The van der Waals surface area contributed by atoms with E-state index >= 15 is 0 Å². The van der Waals surface area contributed by atoms with Crippen LogP contribution < -0.4 is 10.5 Å². The van der Waals surface area contributed by atoms with Crippen LogP contribution in [0.5, 0.6) is 0 Å². The van der Waals surface area contributed by atoms with Crippen molar-refractivity contribution in [2.45, 2.75) is 24.3 Å². The third-order valence-corrected chi connectivity index (χ3v) is 5.12. The second kappa shape index (κ2) is 7.45. The number of carboxylic acids is 1. The SMILES string of the molecule is Cc1ccc(S(=O)(=O)NC(Cc2ccc(C(=N)N)cc2)C(=O)O)cc1. The van der Waals surface area contributed by atoms with E-state index in [0.29, 0.717) is 11.1 Å². The molecule has 0 saturated carbocycles. The van der Waals surface area contributed by atoms with Crippen molar-refractivity contribution in [3.8, 4) is 0 Å². The van der Waals surface area contributed by atoms with Gasteiger partial charge in [0.05, 0.1) is 4.90 Å². The van der Waals surface area contributed by atoms with Crippen molar-refractivity contribution in [2.24, 2.45) is 5.73 Å². The van der Waals surface area contributed by atoms with Crippen molar-refractivity contribution in [1.29, 1.82) is 5.41 Å². The van der Waals surface area contributed by atoms with Crippen LogP contribution in [0, 0.1) is 12.3 Å². The zero-order valence-electron chi connectivity index (χ0n) is 13.6. The summed E-state index contributed by atoms with van der Waals surface area (Å²) in [5, 5.41) is 16.7. The molecule has 1 atom stereocenters. The van der Waals surface area contributed by atoms with Crippen LogP contribution in [-0.4, -0.2) is 31.4 Å². The normalized spacial score (nSPS) is 12.5. The highest BCUT2D eigenvalue weighted by molar-refractivity contribution is 7.89. The van der Waals surface area contributed by atoms with E-state index in [0.717, 1.165) is 5.56 Å². The molecular formula is C17H19N3O4S. The van der Waals surface area contributed by atoms with Crippen LogP contribution in [0.3, 0.4) is 0 Å². The minimum Gasteiger partial charge on any atom is -0.480 e. The van der Waals surface area contributed by atoms with Crippen LogP contribution in [0.4, 0.5) is 0 Å². The van der Waals surface area contributed by atoms with E-state index in [1.165, 1.54) is 12.1 Å². The monoisotopic (exact) mass is 361 g/mol. The van der Waals surface area contributed by atoms with Crippen LogP contribution in [0.15, 0.2) is 53.4 Å². The second-order valence-corrected chi connectivity index (χ2v) is 7.35. The van der Waals surface area contributed by atoms with E-state index in [9.17, 15) is 18.3 Å². The van der Waals surface area contributed by atoms with Crippen molar-refractivity contribution in [2.75, 3.05) is 0 Å². The number of carboxylic acid groups (broad SMARTS) is 1.